The average Bonchev–Trinajstić information content (AvgIpc) is 3.00. The van der Waals surface area contributed by atoms with E-state index in [-0.39, 0.29) is 5.69 Å². The predicted molar refractivity (Wildman–Crippen MR) is 85.8 cm³/mol. The summed E-state index contributed by atoms with van der Waals surface area (Å²) in [6, 6.07) is 16.8. The molecule has 5 heteroatoms. The summed E-state index contributed by atoms with van der Waals surface area (Å²) < 4.78 is 4.82. The molecule has 1 heterocycles. The molecule has 0 atom stereocenters. The van der Waals surface area contributed by atoms with E-state index in [4.69, 9.17) is 16.3 Å². The van der Waals surface area contributed by atoms with Gasteiger partial charge >= 0.3 is 5.97 Å². The molecule has 0 amide bonds. The van der Waals surface area contributed by atoms with E-state index >= 15 is 0 Å². The van der Waals surface area contributed by atoms with Crippen LogP contribution in [0, 0.1) is 0 Å². The number of imidazole rings is 1. The Labute approximate surface area is 132 Å². The van der Waals surface area contributed by atoms with Gasteiger partial charge in [0.2, 0.25) is 0 Å². The summed E-state index contributed by atoms with van der Waals surface area (Å²) in [6.45, 7) is 0. The van der Waals surface area contributed by atoms with Crippen LogP contribution in [0.2, 0.25) is 5.02 Å². The molecule has 0 fully saturated rings. The van der Waals surface area contributed by atoms with Gasteiger partial charge in [-0.2, -0.15) is 0 Å². The van der Waals surface area contributed by atoms with Gasteiger partial charge in [-0.15, -0.1) is 0 Å². The summed E-state index contributed by atoms with van der Waals surface area (Å²) in [6.07, 6.45) is 0. The molecule has 0 aliphatic rings. The van der Waals surface area contributed by atoms with Crippen LogP contribution in [0.1, 0.15) is 10.5 Å². The maximum atomic E-state index is 12.0. The Hall–Kier alpha value is -2.59. The van der Waals surface area contributed by atoms with Crippen molar-refractivity contribution in [2.24, 2.45) is 0 Å². The molecule has 22 heavy (non-hydrogen) atoms. The van der Waals surface area contributed by atoms with Crippen molar-refractivity contribution < 1.29 is 9.53 Å². The zero-order chi connectivity index (χ0) is 15.5. The van der Waals surface area contributed by atoms with Crippen LogP contribution in [0.4, 0.5) is 0 Å². The predicted octanol–water partition coefficient (Wildman–Crippen LogP) is 4.18. The first kappa shape index (κ1) is 14.4. The van der Waals surface area contributed by atoms with Crippen LogP contribution in [0.25, 0.3) is 22.6 Å². The van der Waals surface area contributed by atoms with Crippen molar-refractivity contribution in [1.82, 2.24) is 9.97 Å². The summed E-state index contributed by atoms with van der Waals surface area (Å²) in [7, 11) is 1.33. The van der Waals surface area contributed by atoms with E-state index in [9.17, 15) is 4.79 Å². The van der Waals surface area contributed by atoms with E-state index in [1.165, 1.54) is 7.11 Å². The van der Waals surface area contributed by atoms with Gasteiger partial charge < -0.3 is 9.72 Å². The maximum Gasteiger partial charge on any atom is 0.358 e. The van der Waals surface area contributed by atoms with Crippen molar-refractivity contribution in [1.29, 1.82) is 0 Å². The molecule has 0 bridgehead atoms. The first-order valence-corrected chi connectivity index (χ1v) is 7.06. The molecule has 2 aromatic carbocycles. The minimum absolute atomic E-state index is 0.239. The molecule has 0 spiro atoms. The number of rotatable bonds is 3. The van der Waals surface area contributed by atoms with Crippen LogP contribution in [-0.2, 0) is 4.74 Å². The molecule has 0 aliphatic heterocycles. The Bertz CT molecular complexity index is 813. The molecule has 1 aromatic heterocycles. The lowest BCUT2D eigenvalue weighted by Gasteiger charge is -2.01. The highest BCUT2D eigenvalue weighted by Gasteiger charge is 2.20. The van der Waals surface area contributed by atoms with Gasteiger partial charge in [0, 0.05) is 16.1 Å². The summed E-state index contributed by atoms with van der Waals surface area (Å²) in [5.41, 5.74) is 2.50. The number of hydrogen-bond acceptors (Lipinski definition) is 3. The number of benzene rings is 2. The lowest BCUT2D eigenvalue weighted by molar-refractivity contribution is 0.0595. The van der Waals surface area contributed by atoms with Gasteiger partial charge in [-0.3, -0.25) is 0 Å². The highest BCUT2D eigenvalue weighted by atomic mass is 35.5. The van der Waals surface area contributed by atoms with E-state index in [0.29, 0.717) is 16.5 Å². The Balaban J connectivity index is 2.16. The van der Waals surface area contributed by atoms with Crippen molar-refractivity contribution in [2.75, 3.05) is 7.11 Å². The number of hydrogen-bond donors (Lipinski definition) is 1. The highest BCUT2D eigenvalue weighted by molar-refractivity contribution is 6.30. The molecule has 3 rings (SSSR count). The van der Waals surface area contributed by atoms with Crippen molar-refractivity contribution in [3.05, 3.63) is 65.3 Å². The first-order chi connectivity index (χ1) is 10.7. The van der Waals surface area contributed by atoms with Gasteiger partial charge in [-0.1, -0.05) is 54.1 Å². The van der Waals surface area contributed by atoms with Crippen molar-refractivity contribution in [3.8, 4) is 22.6 Å². The number of nitrogens with one attached hydrogen (secondary N) is 1. The minimum Gasteiger partial charge on any atom is -0.464 e. The van der Waals surface area contributed by atoms with E-state index < -0.39 is 5.97 Å². The maximum absolute atomic E-state index is 12.0. The molecule has 0 unspecified atom stereocenters. The van der Waals surface area contributed by atoms with Crippen LogP contribution in [0.15, 0.2) is 54.6 Å². The summed E-state index contributed by atoms with van der Waals surface area (Å²) in [5, 5.41) is 0.587. The van der Waals surface area contributed by atoms with E-state index in [1.807, 2.05) is 42.5 Å². The number of halogens is 1. The van der Waals surface area contributed by atoms with Crippen molar-refractivity contribution >= 4 is 17.6 Å². The Kier molecular flexibility index (Phi) is 3.94. The molecule has 0 saturated carbocycles. The zero-order valence-corrected chi connectivity index (χ0v) is 12.6. The van der Waals surface area contributed by atoms with Gasteiger partial charge in [0.05, 0.1) is 12.8 Å². The number of H-pyrrole nitrogens is 1. The average molecular weight is 313 g/mol. The molecule has 0 radical (unpaired) electrons. The fourth-order valence-electron chi connectivity index (χ4n) is 2.20. The van der Waals surface area contributed by atoms with Crippen LogP contribution in [0.5, 0.6) is 0 Å². The Morgan fingerprint density at radius 2 is 1.82 bits per heavy atom. The van der Waals surface area contributed by atoms with E-state index in [0.717, 1.165) is 11.1 Å². The summed E-state index contributed by atoms with van der Waals surface area (Å²) >= 11 is 6.03. The number of carbonyl (C=O) groups is 1. The second-order valence-electron chi connectivity index (χ2n) is 4.68. The second kappa shape index (κ2) is 6.03. The van der Waals surface area contributed by atoms with E-state index in [2.05, 4.69) is 9.97 Å². The zero-order valence-electron chi connectivity index (χ0n) is 11.8. The third kappa shape index (κ3) is 2.73. The third-order valence-corrected chi connectivity index (χ3v) is 3.48. The minimum atomic E-state index is -0.492. The van der Waals surface area contributed by atoms with E-state index in [1.54, 1.807) is 12.1 Å². The van der Waals surface area contributed by atoms with Crippen LogP contribution in [0.3, 0.4) is 0 Å². The standard InChI is InChI=1S/C17H13ClN2O2/c1-22-17(21)15-14(12-8-5-9-13(18)10-12)19-16(20-15)11-6-3-2-4-7-11/h2-10H,1H3,(H,19,20). The van der Waals surface area contributed by atoms with Gasteiger partial charge in [0.1, 0.15) is 5.82 Å². The molecular weight excluding hydrogens is 300 g/mol. The number of ether oxygens (including phenoxy) is 1. The molecular formula is C17H13ClN2O2. The Morgan fingerprint density at radius 3 is 2.50 bits per heavy atom. The number of carbonyl (C=O) groups excluding carboxylic acids is 1. The number of aromatic amines is 1. The van der Waals surface area contributed by atoms with Gasteiger partial charge in [0.25, 0.3) is 0 Å². The lowest BCUT2D eigenvalue weighted by Crippen LogP contribution is -2.03. The fourth-order valence-corrected chi connectivity index (χ4v) is 2.39. The van der Waals surface area contributed by atoms with Crippen molar-refractivity contribution in [2.45, 2.75) is 0 Å². The van der Waals surface area contributed by atoms with Crippen LogP contribution in [-0.4, -0.2) is 23.0 Å². The molecule has 0 saturated heterocycles. The summed E-state index contributed by atoms with van der Waals surface area (Å²) in [5.74, 6) is 0.115. The first-order valence-electron chi connectivity index (χ1n) is 6.68. The number of nitrogens with zero attached hydrogens (tertiary/aromatic N) is 1. The molecule has 1 N–H and O–H groups in total. The largest absolute Gasteiger partial charge is 0.464 e. The topological polar surface area (TPSA) is 55.0 Å². The SMILES string of the molecule is COC(=O)c1nc(-c2ccccc2)[nH]c1-c1cccc(Cl)c1. The lowest BCUT2D eigenvalue weighted by atomic mass is 10.1. The Morgan fingerprint density at radius 1 is 1.09 bits per heavy atom. The van der Waals surface area contributed by atoms with Crippen LogP contribution < -0.4 is 0 Å². The summed E-state index contributed by atoms with van der Waals surface area (Å²) in [4.78, 5) is 19.6. The smallest absolute Gasteiger partial charge is 0.358 e. The number of esters is 1. The molecule has 3 aromatic rings. The third-order valence-electron chi connectivity index (χ3n) is 3.24. The van der Waals surface area contributed by atoms with Crippen molar-refractivity contribution in [3.63, 3.8) is 0 Å². The normalized spacial score (nSPS) is 10.5. The highest BCUT2D eigenvalue weighted by Crippen LogP contribution is 2.28. The van der Waals surface area contributed by atoms with Gasteiger partial charge in [-0.05, 0) is 12.1 Å². The molecule has 0 aliphatic carbocycles. The molecule has 4 nitrogen and oxygen atoms in total. The number of methoxy groups -OCH3 is 1. The second-order valence-corrected chi connectivity index (χ2v) is 5.11. The quantitative estimate of drug-likeness (QED) is 0.738. The van der Waals surface area contributed by atoms with Gasteiger partial charge in [0.15, 0.2) is 5.69 Å². The fraction of sp³-hybridized carbons (Fsp3) is 0.0588. The van der Waals surface area contributed by atoms with Gasteiger partial charge in [-0.25, -0.2) is 9.78 Å². The molecule has 110 valence electrons. The monoisotopic (exact) mass is 312 g/mol. The van der Waals surface area contributed by atoms with Crippen LogP contribution >= 0.6 is 11.6 Å². The number of aromatic nitrogens is 2.